The largest absolute Gasteiger partial charge is 0.490 e. The number of imidazole rings is 1. The van der Waals surface area contributed by atoms with Crippen LogP contribution >= 0.6 is 0 Å². The number of H-pyrrole nitrogens is 1. The molecule has 3 N–H and O–H groups in total. The molecule has 10 heteroatoms. The molecule has 0 bridgehead atoms. The second-order valence-corrected chi connectivity index (χ2v) is 8.01. The van der Waals surface area contributed by atoms with E-state index in [9.17, 15) is 0 Å². The smallest absolute Gasteiger partial charge is 0.260 e. The van der Waals surface area contributed by atoms with Crippen molar-refractivity contribution < 1.29 is 9.47 Å². The van der Waals surface area contributed by atoms with Crippen molar-refractivity contribution in [3.05, 3.63) is 48.4 Å². The fraction of sp³-hybridized carbons (Fsp3) is 0.333. The summed E-state index contributed by atoms with van der Waals surface area (Å²) in [5, 5.41) is 6.69. The van der Waals surface area contributed by atoms with Gasteiger partial charge >= 0.3 is 0 Å². The number of ether oxygens (including phenoxy) is 2. The van der Waals surface area contributed by atoms with Gasteiger partial charge in [0.2, 0.25) is 11.7 Å². The third-order valence-electron chi connectivity index (χ3n) is 5.70. The van der Waals surface area contributed by atoms with Crippen LogP contribution < -0.4 is 20.1 Å². The number of aromatic amines is 1. The molecule has 0 spiro atoms. The molecule has 176 valence electrons. The monoisotopic (exact) mass is 460 g/mol. The molecule has 1 aliphatic heterocycles. The molecule has 0 radical (unpaired) electrons. The minimum atomic E-state index is 0.425. The van der Waals surface area contributed by atoms with Crippen LogP contribution in [0.15, 0.2) is 42.9 Å². The van der Waals surface area contributed by atoms with E-state index in [2.05, 4.69) is 52.6 Å². The van der Waals surface area contributed by atoms with Gasteiger partial charge in [0, 0.05) is 44.5 Å². The predicted molar refractivity (Wildman–Crippen MR) is 131 cm³/mol. The van der Waals surface area contributed by atoms with Crippen LogP contribution in [0.3, 0.4) is 0 Å². The van der Waals surface area contributed by atoms with Gasteiger partial charge in [0.05, 0.1) is 24.8 Å². The van der Waals surface area contributed by atoms with Crippen LogP contribution in [-0.2, 0) is 6.54 Å². The number of hydrogen-bond acceptors (Lipinski definition) is 9. The van der Waals surface area contributed by atoms with E-state index in [1.807, 2.05) is 31.3 Å². The minimum absolute atomic E-state index is 0.425. The average Bonchev–Trinajstić information content (AvgIpc) is 3.26. The molecule has 1 aliphatic rings. The van der Waals surface area contributed by atoms with Crippen molar-refractivity contribution in [3.8, 4) is 22.9 Å². The highest BCUT2D eigenvalue weighted by Crippen LogP contribution is 2.35. The van der Waals surface area contributed by atoms with E-state index in [0.717, 1.165) is 55.1 Å². The Balaban J connectivity index is 1.37. The van der Waals surface area contributed by atoms with Gasteiger partial charge in [-0.15, -0.1) is 0 Å². The Bertz CT molecular complexity index is 1270. The number of piperazine rings is 1. The first-order valence-corrected chi connectivity index (χ1v) is 11.4. The molecule has 4 aromatic rings. The number of anilines is 2. The number of benzene rings is 1. The lowest BCUT2D eigenvalue weighted by molar-refractivity contribution is 0.233. The van der Waals surface area contributed by atoms with Crippen molar-refractivity contribution in [1.82, 2.24) is 35.1 Å². The quantitative estimate of drug-likeness (QED) is 0.365. The summed E-state index contributed by atoms with van der Waals surface area (Å²) in [6.45, 7) is 7.48. The molecule has 1 aromatic carbocycles. The first-order chi connectivity index (χ1) is 16.7. The summed E-state index contributed by atoms with van der Waals surface area (Å²) >= 11 is 0. The highest BCUT2D eigenvalue weighted by Gasteiger charge is 2.16. The second kappa shape index (κ2) is 10.0. The molecule has 0 amide bonds. The Labute approximate surface area is 197 Å². The average molecular weight is 461 g/mol. The molecule has 0 saturated carbocycles. The van der Waals surface area contributed by atoms with E-state index >= 15 is 0 Å². The highest BCUT2D eigenvalue weighted by molar-refractivity contribution is 5.84. The van der Waals surface area contributed by atoms with Crippen molar-refractivity contribution in [3.63, 3.8) is 0 Å². The molecule has 10 nitrogen and oxygen atoms in total. The van der Waals surface area contributed by atoms with E-state index in [1.54, 1.807) is 7.11 Å². The molecule has 4 heterocycles. The summed E-state index contributed by atoms with van der Waals surface area (Å²) in [6, 6.07) is 10.0. The maximum atomic E-state index is 5.59. The Morgan fingerprint density at radius 2 is 1.97 bits per heavy atom. The van der Waals surface area contributed by atoms with E-state index in [0.29, 0.717) is 29.9 Å². The third-order valence-corrected chi connectivity index (χ3v) is 5.70. The fourth-order valence-corrected chi connectivity index (χ4v) is 4.09. The lowest BCUT2D eigenvalue weighted by Gasteiger charge is -2.27. The van der Waals surface area contributed by atoms with Crippen molar-refractivity contribution in [2.45, 2.75) is 13.5 Å². The topological polar surface area (TPSA) is 113 Å². The standard InChI is InChI=1S/C24H28N8O2/c1-3-34-23-22(33-2)21(27-15-28-23)17-4-5-18-19(13-17)30-24(29-18)31-20-12-16(6-7-26-20)14-32-10-8-25-9-11-32/h4-7,12-13,15,25H,3,8-11,14H2,1-2H3,(H2,26,29,30,31). The van der Waals surface area contributed by atoms with E-state index in [4.69, 9.17) is 9.47 Å². The van der Waals surface area contributed by atoms with Crippen LogP contribution in [0.1, 0.15) is 12.5 Å². The van der Waals surface area contributed by atoms with Crippen molar-refractivity contribution in [2.75, 3.05) is 45.2 Å². The zero-order valence-corrected chi connectivity index (χ0v) is 19.3. The van der Waals surface area contributed by atoms with Gasteiger partial charge in [-0.05, 0) is 36.8 Å². The molecule has 3 aromatic heterocycles. The molecule has 0 aliphatic carbocycles. The molecule has 0 unspecified atom stereocenters. The Morgan fingerprint density at radius 3 is 2.79 bits per heavy atom. The number of fused-ring (bicyclic) bond motifs is 1. The molecular formula is C24H28N8O2. The summed E-state index contributed by atoms with van der Waals surface area (Å²) in [7, 11) is 1.59. The van der Waals surface area contributed by atoms with Crippen LogP contribution in [-0.4, -0.2) is 69.7 Å². The lowest BCUT2D eigenvalue weighted by atomic mass is 10.1. The summed E-state index contributed by atoms with van der Waals surface area (Å²) in [6.07, 6.45) is 3.31. The van der Waals surface area contributed by atoms with Crippen LogP contribution in [0.4, 0.5) is 11.8 Å². The van der Waals surface area contributed by atoms with Gasteiger partial charge in [-0.1, -0.05) is 6.07 Å². The van der Waals surface area contributed by atoms with E-state index < -0.39 is 0 Å². The van der Waals surface area contributed by atoms with Gasteiger partial charge in [0.15, 0.2) is 0 Å². The Kier molecular flexibility index (Phi) is 6.50. The molecular weight excluding hydrogens is 432 g/mol. The van der Waals surface area contributed by atoms with Crippen molar-refractivity contribution in [2.24, 2.45) is 0 Å². The summed E-state index contributed by atoms with van der Waals surface area (Å²) in [5.74, 6) is 2.32. The highest BCUT2D eigenvalue weighted by atomic mass is 16.5. The van der Waals surface area contributed by atoms with E-state index in [-0.39, 0.29) is 0 Å². The first kappa shape index (κ1) is 22.1. The van der Waals surface area contributed by atoms with Gasteiger partial charge in [-0.25, -0.2) is 15.0 Å². The van der Waals surface area contributed by atoms with Crippen molar-refractivity contribution >= 4 is 22.8 Å². The predicted octanol–water partition coefficient (Wildman–Crippen LogP) is 2.97. The molecule has 1 fully saturated rings. The zero-order valence-electron chi connectivity index (χ0n) is 19.3. The lowest BCUT2D eigenvalue weighted by Crippen LogP contribution is -2.42. The van der Waals surface area contributed by atoms with Gasteiger partial charge in [-0.2, -0.15) is 4.98 Å². The van der Waals surface area contributed by atoms with Crippen LogP contribution in [0.25, 0.3) is 22.3 Å². The van der Waals surface area contributed by atoms with Crippen LogP contribution in [0, 0.1) is 0 Å². The van der Waals surface area contributed by atoms with Gasteiger partial charge < -0.3 is 25.1 Å². The van der Waals surface area contributed by atoms with Gasteiger partial charge in [0.25, 0.3) is 5.88 Å². The summed E-state index contributed by atoms with van der Waals surface area (Å²) < 4.78 is 11.1. The van der Waals surface area contributed by atoms with Crippen LogP contribution in [0.2, 0.25) is 0 Å². The van der Waals surface area contributed by atoms with E-state index in [1.165, 1.54) is 11.9 Å². The first-order valence-electron chi connectivity index (χ1n) is 11.4. The maximum absolute atomic E-state index is 5.59. The summed E-state index contributed by atoms with van der Waals surface area (Å²) in [5.41, 5.74) is 4.46. The van der Waals surface area contributed by atoms with Gasteiger partial charge in [0.1, 0.15) is 17.8 Å². The normalized spacial score (nSPS) is 14.3. The summed E-state index contributed by atoms with van der Waals surface area (Å²) in [4.78, 5) is 23.5. The molecule has 34 heavy (non-hydrogen) atoms. The van der Waals surface area contributed by atoms with Crippen LogP contribution in [0.5, 0.6) is 11.6 Å². The zero-order chi connectivity index (χ0) is 23.3. The molecule has 0 atom stereocenters. The maximum Gasteiger partial charge on any atom is 0.260 e. The minimum Gasteiger partial charge on any atom is -0.490 e. The number of rotatable bonds is 8. The SMILES string of the molecule is CCOc1ncnc(-c2ccc3nc(Nc4cc(CN5CCNCC5)ccn4)[nH]c3c2)c1OC. The van der Waals surface area contributed by atoms with Gasteiger partial charge in [-0.3, -0.25) is 4.90 Å². The number of aromatic nitrogens is 5. The fourth-order valence-electron chi connectivity index (χ4n) is 4.09. The van der Waals surface area contributed by atoms with Crippen molar-refractivity contribution in [1.29, 1.82) is 0 Å². The third kappa shape index (κ3) is 4.78. The molecule has 5 rings (SSSR count). The number of nitrogens with zero attached hydrogens (tertiary/aromatic N) is 5. The number of methoxy groups -OCH3 is 1. The number of hydrogen-bond donors (Lipinski definition) is 3. The number of nitrogens with one attached hydrogen (secondary N) is 3. The Morgan fingerprint density at radius 1 is 1.09 bits per heavy atom. The number of pyridine rings is 1. The molecule has 1 saturated heterocycles. The Hall–Kier alpha value is -3.76. The second-order valence-electron chi connectivity index (χ2n) is 8.01.